The third-order valence-corrected chi connectivity index (χ3v) is 3.25. The van der Waals surface area contributed by atoms with Crippen molar-refractivity contribution < 1.29 is 14.6 Å². The fraction of sp³-hybridized carbons (Fsp3) is 0.455. The Kier molecular flexibility index (Phi) is 4.35. The quantitative estimate of drug-likeness (QED) is 0.839. The van der Waals surface area contributed by atoms with Gasteiger partial charge in [-0.1, -0.05) is 16.8 Å². The Morgan fingerprint density at radius 1 is 1.55 bits per heavy atom. The number of rotatable bonds is 6. The first-order valence-electron chi connectivity index (χ1n) is 5.85. The highest BCUT2D eigenvalue weighted by Gasteiger charge is 2.19. The Labute approximate surface area is 119 Å². The van der Waals surface area contributed by atoms with Crippen LogP contribution in [0.15, 0.2) is 6.20 Å². The number of halogens is 1. The maximum atomic E-state index is 11.1. The van der Waals surface area contributed by atoms with Gasteiger partial charge in [0, 0.05) is 20.6 Å². The van der Waals surface area contributed by atoms with E-state index in [1.54, 1.807) is 18.7 Å². The van der Waals surface area contributed by atoms with E-state index in [1.165, 1.54) is 10.9 Å². The number of carboxylic acid groups (broad SMARTS) is 1. The lowest BCUT2D eigenvalue weighted by atomic mass is 10.2. The van der Waals surface area contributed by atoms with E-state index in [0.29, 0.717) is 36.2 Å². The highest BCUT2D eigenvalue weighted by Crippen LogP contribution is 2.13. The van der Waals surface area contributed by atoms with Crippen LogP contribution in [-0.2, 0) is 24.8 Å². The largest absolute Gasteiger partial charge is 0.476 e. The minimum absolute atomic E-state index is 0.0673. The molecule has 2 aromatic rings. The van der Waals surface area contributed by atoms with Gasteiger partial charge in [0.15, 0.2) is 5.69 Å². The Hall–Kier alpha value is -1.93. The molecule has 0 saturated heterocycles. The molecule has 1 N–H and O–H groups in total. The molecule has 9 heteroatoms. The highest BCUT2D eigenvalue weighted by atomic mass is 35.5. The number of ether oxygens (including phenoxy) is 1. The number of methoxy groups -OCH3 is 1. The van der Waals surface area contributed by atoms with Gasteiger partial charge in [0.1, 0.15) is 17.5 Å². The van der Waals surface area contributed by atoms with Gasteiger partial charge in [-0.3, -0.25) is 0 Å². The molecule has 0 aliphatic rings. The lowest BCUT2D eigenvalue weighted by Gasteiger charge is -2.07. The van der Waals surface area contributed by atoms with Crippen molar-refractivity contribution in [1.29, 1.82) is 0 Å². The maximum absolute atomic E-state index is 11.1. The third-order valence-electron chi connectivity index (χ3n) is 2.90. The van der Waals surface area contributed by atoms with Gasteiger partial charge in [0.25, 0.3) is 0 Å². The molecular weight excluding hydrogens is 286 g/mol. The summed E-state index contributed by atoms with van der Waals surface area (Å²) in [5.41, 5.74) is 0.431. The van der Waals surface area contributed by atoms with Gasteiger partial charge >= 0.3 is 5.97 Å². The lowest BCUT2D eigenvalue weighted by molar-refractivity contribution is 0.0688. The highest BCUT2D eigenvalue weighted by molar-refractivity contribution is 6.29. The maximum Gasteiger partial charge on any atom is 0.358 e. The Morgan fingerprint density at radius 2 is 2.30 bits per heavy atom. The van der Waals surface area contributed by atoms with Crippen molar-refractivity contribution in [3.8, 4) is 0 Å². The molecule has 0 spiro atoms. The molecule has 0 atom stereocenters. The van der Waals surface area contributed by atoms with Crippen LogP contribution >= 0.6 is 11.6 Å². The summed E-state index contributed by atoms with van der Waals surface area (Å²) in [6, 6.07) is 0. The average molecular weight is 300 g/mol. The molecule has 0 unspecified atom stereocenters. The summed E-state index contributed by atoms with van der Waals surface area (Å²) >= 11 is 5.92. The first-order valence-corrected chi connectivity index (χ1v) is 6.23. The molecule has 0 radical (unpaired) electrons. The lowest BCUT2D eigenvalue weighted by Crippen LogP contribution is -2.14. The molecule has 2 rings (SSSR count). The predicted octanol–water partition coefficient (Wildman–Crippen LogP) is 0.600. The SMILES string of the molecule is COCCc1c(C(=O)O)nnn1Cc1ncc(Cl)n1C. The van der Waals surface area contributed by atoms with Gasteiger partial charge in [-0.2, -0.15) is 0 Å². The number of carboxylic acids is 1. The molecule has 0 aliphatic heterocycles. The summed E-state index contributed by atoms with van der Waals surface area (Å²) < 4.78 is 8.18. The van der Waals surface area contributed by atoms with E-state index in [9.17, 15) is 4.79 Å². The van der Waals surface area contributed by atoms with Crippen LogP contribution in [0.25, 0.3) is 0 Å². The molecule has 0 amide bonds. The number of hydrogen-bond acceptors (Lipinski definition) is 5. The molecule has 8 nitrogen and oxygen atoms in total. The van der Waals surface area contributed by atoms with Gasteiger partial charge in [-0.25, -0.2) is 14.5 Å². The van der Waals surface area contributed by atoms with Crippen LogP contribution in [0.4, 0.5) is 0 Å². The van der Waals surface area contributed by atoms with Crippen molar-refractivity contribution in [2.45, 2.75) is 13.0 Å². The first kappa shape index (κ1) is 14.5. The fourth-order valence-electron chi connectivity index (χ4n) is 1.78. The molecule has 0 bridgehead atoms. The van der Waals surface area contributed by atoms with Crippen LogP contribution in [0.3, 0.4) is 0 Å². The van der Waals surface area contributed by atoms with E-state index in [-0.39, 0.29) is 5.69 Å². The topological polar surface area (TPSA) is 95.1 Å². The second kappa shape index (κ2) is 6.02. The van der Waals surface area contributed by atoms with Crippen molar-refractivity contribution in [1.82, 2.24) is 24.5 Å². The van der Waals surface area contributed by atoms with Crippen LogP contribution in [0, 0.1) is 0 Å². The number of carbonyl (C=O) groups is 1. The van der Waals surface area contributed by atoms with Crippen molar-refractivity contribution in [3.05, 3.63) is 28.6 Å². The monoisotopic (exact) mass is 299 g/mol. The van der Waals surface area contributed by atoms with Crippen molar-refractivity contribution in [2.75, 3.05) is 13.7 Å². The molecule has 0 aromatic carbocycles. The number of nitrogens with zero attached hydrogens (tertiary/aromatic N) is 5. The minimum atomic E-state index is -1.11. The smallest absolute Gasteiger partial charge is 0.358 e. The van der Waals surface area contributed by atoms with Crippen molar-refractivity contribution in [3.63, 3.8) is 0 Å². The van der Waals surface area contributed by atoms with Crippen LogP contribution in [0.1, 0.15) is 22.0 Å². The van der Waals surface area contributed by atoms with Crippen LogP contribution < -0.4 is 0 Å². The van der Waals surface area contributed by atoms with E-state index in [0.717, 1.165) is 0 Å². The predicted molar refractivity (Wildman–Crippen MR) is 69.9 cm³/mol. The second-order valence-electron chi connectivity index (χ2n) is 4.15. The molecule has 20 heavy (non-hydrogen) atoms. The van der Waals surface area contributed by atoms with Gasteiger partial charge in [-0.15, -0.1) is 5.10 Å². The van der Waals surface area contributed by atoms with Crippen molar-refractivity contribution in [2.24, 2.45) is 7.05 Å². The first-order chi connectivity index (χ1) is 9.54. The summed E-state index contributed by atoms with van der Waals surface area (Å²) in [5.74, 6) is -0.448. The van der Waals surface area contributed by atoms with Crippen LogP contribution in [0.2, 0.25) is 5.15 Å². The number of hydrogen-bond donors (Lipinski definition) is 1. The molecule has 0 saturated carbocycles. The normalized spacial score (nSPS) is 10.9. The van der Waals surface area contributed by atoms with Gasteiger partial charge < -0.3 is 14.4 Å². The van der Waals surface area contributed by atoms with Gasteiger partial charge in [-0.05, 0) is 0 Å². The zero-order valence-corrected chi connectivity index (χ0v) is 11.8. The Balaban J connectivity index is 2.31. The average Bonchev–Trinajstić information content (AvgIpc) is 2.95. The molecule has 108 valence electrons. The van der Waals surface area contributed by atoms with Crippen LogP contribution in [-0.4, -0.2) is 49.3 Å². The zero-order valence-electron chi connectivity index (χ0n) is 11.1. The number of aromatic carboxylic acids is 1. The molecular formula is C11H14ClN5O3. The standard InChI is InChI=1S/C11H14ClN5O3/c1-16-8(12)5-13-9(16)6-17-7(3-4-20-2)10(11(18)19)14-15-17/h5H,3-4,6H2,1-2H3,(H,18,19). The minimum Gasteiger partial charge on any atom is -0.476 e. The third kappa shape index (κ3) is 2.81. The molecule has 0 fully saturated rings. The van der Waals surface area contributed by atoms with E-state index < -0.39 is 5.97 Å². The molecule has 2 heterocycles. The van der Waals surface area contributed by atoms with E-state index in [1.807, 2.05) is 0 Å². The Bertz CT molecular complexity index is 622. The number of aromatic nitrogens is 5. The van der Waals surface area contributed by atoms with Crippen LogP contribution in [0.5, 0.6) is 0 Å². The summed E-state index contributed by atoms with van der Waals surface area (Å²) in [7, 11) is 3.32. The summed E-state index contributed by atoms with van der Waals surface area (Å²) in [5, 5.41) is 17.2. The fourth-order valence-corrected chi connectivity index (χ4v) is 1.92. The molecule has 0 aliphatic carbocycles. The van der Waals surface area contributed by atoms with E-state index >= 15 is 0 Å². The second-order valence-corrected chi connectivity index (χ2v) is 4.53. The van der Waals surface area contributed by atoms with E-state index in [4.69, 9.17) is 21.4 Å². The van der Waals surface area contributed by atoms with Gasteiger partial charge in [0.05, 0.1) is 18.5 Å². The number of imidazole rings is 1. The van der Waals surface area contributed by atoms with Crippen molar-refractivity contribution >= 4 is 17.6 Å². The summed E-state index contributed by atoms with van der Waals surface area (Å²) in [6.07, 6.45) is 1.93. The summed E-state index contributed by atoms with van der Waals surface area (Å²) in [4.78, 5) is 15.3. The zero-order chi connectivity index (χ0) is 14.7. The van der Waals surface area contributed by atoms with E-state index in [2.05, 4.69) is 15.3 Å². The summed E-state index contributed by atoms with van der Waals surface area (Å²) in [6.45, 7) is 0.678. The Morgan fingerprint density at radius 3 is 2.85 bits per heavy atom. The molecule has 2 aromatic heterocycles. The van der Waals surface area contributed by atoms with Gasteiger partial charge in [0.2, 0.25) is 0 Å².